The van der Waals surface area contributed by atoms with Gasteiger partial charge in [0.25, 0.3) is 0 Å². The minimum absolute atomic E-state index is 0.00709. The van der Waals surface area contributed by atoms with E-state index in [0.717, 1.165) is 61.6 Å². The Morgan fingerprint density at radius 2 is 1.68 bits per heavy atom. The van der Waals surface area contributed by atoms with Gasteiger partial charge in [0.2, 0.25) is 21.8 Å². The van der Waals surface area contributed by atoms with Crippen LogP contribution in [0, 0.1) is 6.92 Å². The number of halogens is 3. The number of nitrogens with zero attached hydrogens (tertiary/aromatic N) is 2. The molecule has 7 nitrogen and oxygen atoms in total. The highest BCUT2D eigenvalue weighted by Gasteiger charge is 2.34. The zero-order valence-corrected chi connectivity index (χ0v) is 22.6. The standard InChI is InChI=1S/C27H34F3N3O4S/c1-19-12-14-21(15-13-19)17-32(20(2)26(35)31-23-9-5-4-6-10-23)25(34)18-33(38(3,36)37)24-11-7-8-22(16-24)27(28,29)30/h7-8,11-16,20,23H,4-6,9-10,17-18H2,1-3H3,(H,31,35)/t20-/m1/s1. The highest BCUT2D eigenvalue weighted by Crippen LogP contribution is 2.32. The summed E-state index contributed by atoms with van der Waals surface area (Å²) in [6.07, 6.45) is 0.952. The van der Waals surface area contributed by atoms with E-state index in [1.165, 1.54) is 11.0 Å². The second-order valence-corrected chi connectivity index (χ2v) is 11.8. The summed E-state index contributed by atoms with van der Waals surface area (Å²) < 4.78 is 65.7. The Bertz CT molecular complexity index is 1230. The zero-order valence-electron chi connectivity index (χ0n) is 21.8. The number of benzene rings is 2. The van der Waals surface area contributed by atoms with Crippen LogP contribution in [0.2, 0.25) is 0 Å². The first-order valence-corrected chi connectivity index (χ1v) is 14.4. The van der Waals surface area contributed by atoms with E-state index in [4.69, 9.17) is 0 Å². The van der Waals surface area contributed by atoms with Gasteiger partial charge in [-0.1, -0.05) is 55.2 Å². The predicted octanol–water partition coefficient (Wildman–Crippen LogP) is 4.65. The van der Waals surface area contributed by atoms with Gasteiger partial charge in [0.1, 0.15) is 12.6 Å². The van der Waals surface area contributed by atoms with E-state index < -0.39 is 40.3 Å². The number of hydrogen-bond acceptors (Lipinski definition) is 4. The average molecular weight is 554 g/mol. The molecule has 0 radical (unpaired) electrons. The lowest BCUT2D eigenvalue weighted by molar-refractivity contribution is -0.139. The van der Waals surface area contributed by atoms with Crippen LogP contribution in [0.15, 0.2) is 48.5 Å². The van der Waals surface area contributed by atoms with Crippen molar-refractivity contribution in [3.8, 4) is 0 Å². The molecule has 11 heteroatoms. The van der Waals surface area contributed by atoms with Crippen molar-refractivity contribution in [3.63, 3.8) is 0 Å². The van der Waals surface area contributed by atoms with Gasteiger partial charge in [0, 0.05) is 12.6 Å². The van der Waals surface area contributed by atoms with Gasteiger partial charge in [0.05, 0.1) is 17.5 Å². The number of amides is 2. The number of carbonyl (C=O) groups excluding carboxylic acids is 2. The van der Waals surface area contributed by atoms with Crippen LogP contribution in [-0.4, -0.2) is 50.0 Å². The summed E-state index contributed by atoms with van der Waals surface area (Å²) in [5.41, 5.74) is 0.409. The summed E-state index contributed by atoms with van der Waals surface area (Å²) in [7, 11) is -4.14. The molecule has 1 saturated carbocycles. The maximum atomic E-state index is 13.6. The number of alkyl halides is 3. The molecule has 0 bridgehead atoms. The topological polar surface area (TPSA) is 86.8 Å². The molecular formula is C27H34F3N3O4S. The van der Waals surface area contributed by atoms with Crippen LogP contribution in [-0.2, 0) is 32.3 Å². The molecule has 2 aromatic carbocycles. The monoisotopic (exact) mass is 553 g/mol. The summed E-state index contributed by atoms with van der Waals surface area (Å²) in [6, 6.07) is 10.2. The molecule has 0 saturated heterocycles. The van der Waals surface area contributed by atoms with Crippen molar-refractivity contribution >= 4 is 27.5 Å². The van der Waals surface area contributed by atoms with Crippen molar-refractivity contribution in [2.75, 3.05) is 17.1 Å². The molecule has 1 N–H and O–H groups in total. The van der Waals surface area contributed by atoms with E-state index in [2.05, 4.69) is 5.32 Å². The van der Waals surface area contributed by atoms with Gasteiger partial charge in [-0.05, 0) is 50.5 Å². The van der Waals surface area contributed by atoms with E-state index >= 15 is 0 Å². The number of anilines is 1. The number of sulfonamides is 1. The normalized spacial score (nSPS) is 15.5. The third-order valence-corrected chi connectivity index (χ3v) is 7.87. The number of aryl methyl sites for hydroxylation is 1. The van der Waals surface area contributed by atoms with Crippen molar-refractivity contribution < 1.29 is 31.2 Å². The molecule has 0 spiro atoms. The third kappa shape index (κ3) is 7.96. The van der Waals surface area contributed by atoms with E-state index in [1.54, 1.807) is 6.92 Å². The van der Waals surface area contributed by atoms with Gasteiger partial charge in [-0.25, -0.2) is 8.42 Å². The molecule has 2 aromatic rings. The van der Waals surface area contributed by atoms with E-state index in [-0.39, 0.29) is 24.2 Å². The highest BCUT2D eigenvalue weighted by atomic mass is 32.2. The number of nitrogens with one attached hydrogen (secondary N) is 1. The predicted molar refractivity (Wildman–Crippen MR) is 140 cm³/mol. The van der Waals surface area contributed by atoms with E-state index in [9.17, 15) is 31.2 Å². The number of carbonyl (C=O) groups is 2. The first-order valence-electron chi connectivity index (χ1n) is 12.6. The molecule has 0 aliphatic heterocycles. The minimum atomic E-state index is -4.69. The van der Waals surface area contributed by atoms with Crippen molar-refractivity contribution in [3.05, 3.63) is 65.2 Å². The Morgan fingerprint density at radius 3 is 2.26 bits per heavy atom. The zero-order chi connectivity index (χ0) is 28.1. The molecule has 0 aromatic heterocycles. The van der Waals surface area contributed by atoms with Crippen molar-refractivity contribution in [1.82, 2.24) is 10.2 Å². The Morgan fingerprint density at radius 1 is 1.05 bits per heavy atom. The van der Waals surface area contributed by atoms with Gasteiger partial charge in [0.15, 0.2) is 0 Å². The second-order valence-electron chi connectivity index (χ2n) is 9.84. The molecule has 208 valence electrons. The summed E-state index contributed by atoms with van der Waals surface area (Å²) in [4.78, 5) is 28.0. The fourth-order valence-corrected chi connectivity index (χ4v) is 5.33. The van der Waals surface area contributed by atoms with Crippen LogP contribution in [0.5, 0.6) is 0 Å². The smallest absolute Gasteiger partial charge is 0.352 e. The quantitative estimate of drug-likeness (QED) is 0.490. The fourth-order valence-electron chi connectivity index (χ4n) is 4.49. The van der Waals surface area contributed by atoms with Gasteiger partial charge < -0.3 is 10.2 Å². The van der Waals surface area contributed by atoms with Crippen LogP contribution in [0.25, 0.3) is 0 Å². The summed E-state index contributed by atoms with van der Waals surface area (Å²) in [5.74, 6) is -1.07. The summed E-state index contributed by atoms with van der Waals surface area (Å²) in [5, 5.41) is 3.00. The average Bonchev–Trinajstić information content (AvgIpc) is 2.86. The Kier molecular flexibility index (Phi) is 9.45. The minimum Gasteiger partial charge on any atom is -0.352 e. The molecule has 0 heterocycles. The Labute approximate surface area is 222 Å². The van der Waals surface area contributed by atoms with Crippen LogP contribution in [0.1, 0.15) is 55.7 Å². The largest absolute Gasteiger partial charge is 0.416 e. The van der Waals surface area contributed by atoms with E-state index in [1.807, 2.05) is 31.2 Å². The SMILES string of the molecule is Cc1ccc(CN(C(=O)CN(c2cccc(C(F)(F)F)c2)S(C)(=O)=O)[C@H](C)C(=O)NC2CCCCC2)cc1. The Hall–Kier alpha value is -3.08. The fraction of sp³-hybridized carbons (Fsp3) is 0.481. The van der Waals surface area contributed by atoms with Crippen LogP contribution in [0.3, 0.4) is 0 Å². The molecular weight excluding hydrogens is 519 g/mol. The number of rotatable bonds is 9. The van der Waals surface area contributed by atoms with Crippen molar-refractivity contribution in [1.29, 1.82) is 0 Å². The lowest BCUT2D eigenvalue weighted by Gasteiger charge is -2.33. The van der Waals surface area contributed by atoms with Crippen molar-refractivity contribution in [2.24, 2.45) is 0 Å². The molecule has 1 aliphatic carbocycles. The molecule has 1 fully saturated rings. The highest BCUT2D eigenvalue weighted by molar-refractivity contribution is 7.92. The van der Waals surface area contributed by atoms with E-state index in [0.29, 0.717) is 10.4 Å². The summed E-state index contributed by atoms with van der Waals surface area (Å²) >= 11 is 0. The first kappa shape index (κ1) is 29.5. The lowest BCUT2D eigenvalue weighted by Crippen LogP contribution is -2.53. The van der Waals surface area contributed by atoms with Crippen LogP contribution in [0.4, 0.5) is 18.9 Å². The molecule has 2 amide bonds. The second kappa shape index (κ2) is 12.2. The maximum absolute atomic E-state index is 13.6. The molecule has 1 aliphatic rings. The first-order chi connectivity index (χ1) is 17.8. The number of hydrogen-bond donors (Lipinski definition) is 1. The van der Waals surface area contributed by atoms with Gasteiger partial charge in [-0.2, -0.15) is 13.2 Å². The lowest BCUT2D eigenvalue weighted by atomic mass is 9.95. The molecule has 1 atom stereocenters. The molecule has 0 unspecified atom stereocenters. The van der Waals surface area contributed by atoms with Crippen molar-refractivity contribution in [2.45, 2.75) is 70.8 Å². The Balaban J connectivity index is 1.90. The maximum Gasteiger partial charge on any atom is 0.416 e. The third-order valence-electron chi connectivity index (χ3n) is 6.73. The molecule has 3 rings (SSSR count). The van der Waals surface area contributed by atoms with Gasteiger partial charge in [-0.15, -0.1) is 0 Å². The van der Waals surface area contributed by atoms with Gasteiger partial charge in [-0.3, -0.25) is 13.9 Å². The van der Waals surface area contributed by atoms with Crippen LogP contribution >= 0.6 is 0 Å². The summed E-state index contributed by atoms with van der Waals surface area (Å²) in [6.45, 7) is 2.75. The van der Waals surface area contributed by atoms with Gasteiger partial charge >= 0.3 is 6.18 Å². The van der Waals surface area contributed by atoms with Crippen LogP contribution < -0.4 is 9.62 Å². The molecule has 38 heavy (non-hydrogen) atoms.